The van der Waals surface area contributed by atoms with Crippen LogP contribution in [0.1, 0.15) is 58.4 Å². The van der Waals surface area contributed by atoms with E-state index in [0.29, 0.717) is 39.1 Å². The van der Waals surface area contributed by atoms with E-state index in [-0.39, 0.29) is 41.6 Å². The quantitative estimate of drug-likeness (QED) is 0.657. The Morgan fingerprint density at radius 1 is 1.16 bits per heavy atom. The van der Waals surface area contributed by atoms with Crippen LogP contribution in [0.2, 0.25) is 0 Å². The number of aryl methyl sites for hydroxylation is 1. The van der Waals surface area contributed by atoms with Gasteiger partial charge in [-0.25, -0.2) is 0 Å². The van der Waals surface area contributed by atoms with Gasteiger partial charge in [-0.2, -0.15) is 0 Å². The predicted molar refractivity (Wildman–Crippen MR) is 123 cm³/mol. The van der Waals surface area contributed by atoms with E-state index in [1.54, 1.807) is 4.90 Å². The first-order valence-corrected chi connectivity index (χ1v) is 11.7. The monoisotopic (exact) mass is 443 g/mol. The second-order valence-corrected chi connectivity index (χ2v) is 9.96. The van der Waals surface area contributed by atoms with Crippen LogP contribution in [-0.4, -0.2) is 65.3 Å². The number of carbonyl (C=O) groups excluding carboxylic acids is 3. The number of benzene rings is 1. The zero-order valence-corrected chi connectivity index (χ0v) is 19.9. The molecule has 2 fully saturated rings. The lowest BCUT2D eigenvalue weighted by molar-refractivity contribution is -0.133. The Hall–Kier alpha value is -2.57. The van der Waals surface area contributed by atoms with Crippen LogP contribution in [0.15, 0.2) is 24.3 Å². The molecule has 7 nitrogen and oxygen atoms in total. The Morgan fingerprint density at radius 3 is 2.47 bits per heavy atom. The van der Waals surface area contributed by atoms with Crippen LogP contribution in [0.25, 0.3) is 0 Å². The number of carbonyl (C=O) groups is 3. The van der Waals surface area contributed by atoms with Crippen LogP contribution in [0.4, 0.5) is 0 Å². The lowest BCUT2D eigenvalue weighted by atomic mass is 10.0. The minimum atomic E-state index is -0.283. The Morgan fingerprint density at radius 2 is 1.84 bits per heavy atom. The van der Waals surface area contributed by atoms with E-state index in [2.05, 4.69) is 5.32 Å². The average molecular weight is 444 g/mol. The Labute approximate surface area is 191 Å². The second-order valence-electron chi connectivity index (χ2n) is 9.96. The summed E-state index contributed by atoms with van der Waals surface area (Å²) in [5.74, 6) is 0.735. The van der Waals surface area contributed by atoms with E-state index >= 15 is 0 Å². The third-order valence-electron chi connectivity index (χ3n) is 6.39. The predicted octanol–water partition coefficient (Wildman–Crippen LogP) is 2.91. The number of hydrogen-bond acceptors (Lipinski definition) is 4. The maximum absolute atomic E-state index is 12.7. The molecule has 0 aromatic heterocycles. The molecule has 1 aromatic rings. The molecule has 3 rings (SSSR count). The highest BCUT2D eigenvalue weighted by Crippen LogP contribution is 2.26. The summed E-state index contributed by atoms with van der Waals surface area (Å²) in [5, 5.41) is 3.11. The minimum absolute atomic E-state index is 0.0387. The first-order chi connectivity index (χ1) is 15.1. The minimum Gasteiger partial charge on any atom is -0.493 e. The smallest absolute Gasteiger partial charge is 0.225 e. The van der Waals surface area contributed by atoms with Crippen molar-refractivity contribution in [3.8, 4) is 5.75 Å². The molecular weight excluding hydrogens is 406 g/mol. The molecule has 1 N–H and O–H groups in total. The first-order valence-electron chi connectivity index (χ1n) is 11.7. The van der Waals surface area contributed by atoms with Crippen LogP contribution >= 0.6 is 0 Å². The fourth-order valence-electron chi connectivity index (χ4n) is 4.41. The lowest BCUT2D eigenvalue weighted by Crippen LogP contribution is -2.48. The molecule has 1 unspecified atom stereocenters. The fourth-order valence-corrected chi connectivity index (χ4v) is 4.41. The molecule has 0 bridgehead atoms. The number of hydrogen-bond donors (Lipinski definition) is 1. The molecule has 176 valence electrons. The van der Waals surface area contributed by atoms with Crippen molar-refractivity contribution in [3.63, 3.8) is 0 Å². The zero-order valence-electron chi connectivity index (χ0n) is 19.9. The van der Waals surface area contributed by atoms with Crippen LogP contribution in [0, 0.1) is 12.8 Å². The van der Waals surface area contributed by atoms with Crippen molar-refractivity contribution < 1.29 is 19.1 Å². The van der Waals surface area contributed by atoms with E-state index in [4.69, 9.17) is 4.74 Å². The van der Waals surface area contributed by atoms with E-state index in [1.807, 2.05) is 56.9 Å². The lowest BCUT2D eigenvalue weighted by Gasteiger charge is -2.33. The molecule has 2 saturated heterocycles. The summed E-state index contributed by atoms with van der Waals surface area (Å²) < 4.78 is 5.77. The van der Waals surface area contributed by atoms with Gasteiger partial charge in [-0.1, -0.05) is 18.2 Å². The summed E-state index contributed by atoms with van der Waals surface area (Å²) in [6, 6.07) is 7.94. The van der Waals surface area contributed by atoms with Gasteiger partial charge in [-0.15, -0.1) is 0 Å². The topological polar surface area (TPSA) is 79.0 Å². The Balaban J connectivity index is 1.35. The van der Waals surface area contributed by atoms with Crippen LogP contribution in [-0.2, 0) is 14.4 Å². The maximum Gasteiger partial charge on any atom is 0.225 e. The number of piperidine rings is 1. The molecular formula is C25H37N3O4. The highest BCUT2D eigenvalue weighted by atomic mass is 16.5. The molecule has 0 spiro atoms. The van der Waals surface area contributed by atoms with Crippen LogP contribution in [0.3, 0.4) is 0 Å². The molecule has 3 amide bonds. The molecule has 0 radical (unpaired) electrons. The molecule has 2 aliphatic heterocycles. The van der Waals surface area contributed by atoms with Gasteiger partial charge < -0.3 is 19.9 Å². The zero-order chi connectivity index (χ0) is 23.3. The summed E-state index contributed by atoms with van der Waals surface area (Å²) in [6.07, 6.45) is 2.94. The van der Waals surface area contributed by atoms with Gasteiger partial charge in [0.2, 0.25) is 17.7 Å². The number of nitrogens with zero attached hydrogens (tertiary/aromatic N) is 2. The van der Waals surface area contributed by atoms with Gasteiger partial charge in [0.25, 0.3) is 0 Å². The van der Waals surface area contributed by atoms with Crippen molar-refractivity contribution in [1.29, 1.82) is 0 Å². The number of ether oxygens (including phenoxy) is 1. The van der Waals surface area contributed by atoms with Gasteiger partial charge in [0, 0.05) is 44.1 Å². The van der Waals surface area contributed by atoms with Gasteiger partial charge in [0.15, 0.2) is 0 Å². The van der Waals surface area contributed by atoms with Crippen molar-refractivity contribution in [2.75, 3.05) is 26.2 Å². The second kappa shape index (κ2) is 10.4. The highest BCUT2D eigenvalue weighted by Gasteiger charge is 2.40. The van der Waals surface area contributed by atoms with Crippen LogP contribution in [0.5, 0.6) is 5.75 Å². The fraction of sp³-hybridized carbons (Fsp3) is 0.640. The number of rotatable bonds is 7. The molecule has 2 heterocycles. The first kappa shape index (κ1) is 24.1. The Kier molecular flexibility index (Phi) is 7.80. The van der Waals surface area contributed by atoms with E-state index in [9.17, 15) is 14.4 Å². The molecule has 7 heteroatoms. The number of amides is 3. The highest BCUT2D eigenvalue weighted by molar-refractivity contribution is 5.89. The molecule has 1 aromatic carbocycles. The summed E-state index contributed by atoms with van der Waals surface area (Å²) >= 11 is 0. The maximum atomic E-state index is 12.7. The number of nitrogens with one attached hydrogen (secondary N) is 1. The summed E-state index contributed by atoms with van der Waals surface area (Å²) in [4.78, 5) is 41.1. The van der Waals surface area contributed by atoms with Crippen molar-refractivity contribution in [2.24, 2.45) is 5.92 Å². The van der Waals surface area contributed by atoms with E-state index < -0.39 is 0 Å². The third-order valence-corrected chi connectivity index (χ3v) is 6.39. The summed E-state index contributed by atoms with van der Waals surface area (Å²) in [7, 11) is 0. The SMILES string of the molecule is Cc1ccccc1OCCCC(=O)N1CCC(NC(=O)C2CC(=O)N(C(C)(C)C)C2)CC1. The van der Waals surface area contributed by atoms with Crippen molar-refractivity contribution in [1.82, 2.24) is 15.1 Å². The van der Waals surface area contributed by atoms with Gasteiger partial charge in [-0.3, -0.25) is 14.4 Å². The van der Waals surface area contributed by atoms with Crippen LogP contribution < -0.4 is 10.1 Å². The molecule has 2 aliphatic rings. The van der Waals surface area contributed by atoms with Crippen molar-refractivity contribution in [2.45, 2.75) is 71.4 Å². The summed E-state index contributed by atoms with van der Waals surface area (Å²) in [5.41, 5.74) is 0.832. The van der Waals surface area contributed by atoms with Gasteiger partial charge in [-0.05, 0) is 58.6 Å². The van der Waals surface area contributed by atoms with E-state index in [1.165, 1.54) is 0 Å². The summed E-state index contributed by atoms with van der Waals surface area (Å²) in [6.45, 7) is 10.3. The Bertz CT molecular complexity index is 825. The van der Waals surface area contributed by atoms with Crippen molar-refractivity contribution in [3.05, 3.63) is 29.8 Å². The average Bonchev–Trinajstić information content (AvgIpc) is 3.15. The van der Waals surface area contributed by atoms with Gasteiger partial charge in [0.1, 0.15) is 5.75 Å². The number of para-hydroxylation sites is 1. The molecule has 32 heavy (non-hydrogen) atoms. The standard InChI is InChI=1S/C25H37N3O4/c1-18-8-5-6-9-21(18)32-15-7-10-22(29)27-13-11-20(12-14-27)26-24(31)19-16-23(30)28(17-19)25(2,3)4/h5-6,8-9,19-20H,7,10-17H2,1-4H3,(H,26,31). The molecule has 0 aliphatic carbocycles. The van der Waals surface area contributed by atoms with Gasteiger partial charge in [0.05, 0.1) is 12.5 Å². The third kappa shape index (κ3) is 6.24. The van der Waals surface area contributed by atoms with E-state index in [0.717, 1.165) is 24.2 Å². The normalized spacial score (nSPS) is 19.9. The van der Waals surface area contributed by atoms with Gasteiger partial charge >= 0.3 is 0 Å². The van der Waals surface area contributed by atoms with Crippen molar-refractivity contribution >= 4 is 17.7 Å². The molecule has 1 atom stereocenters. The molecule has 0 saturated carbocycles. The number of likely N-dealkylation sites (tertiary alicyclic amines) is 2. The largest absolute Gasteiger partial charge is 0.493 e.